The number of hydrogen-bond acceptors (Lipinski definition) is 5. The van der Waals surface area contributed by atoms with E-state index in [1.807, 2.05) is 20.8 Å². The normalized spacial score (nSPS) is 22.9. The topological polar surface area (TPSA) is 88.9 Å². The fourth-order valence-electron chi connectivity index (χ4n) is 3.17. The number of thiazole rings is 1. The zero-order valence-electron chi connectivity index (χ0n) is 13.8. The molecule has 1 saturated heterocycles. The van der Waals surface area contributed by atoms with Crippen LogP contribution in [-0.4, -0.2) is 49.2 Å². The molecule has 2 heterocycles. The maximum absolute atomic E-state index is 12.6. The van der Waals surface area contributed by atoms with E-state index in [1.54, 1.807) is 0 Å². The van der Waals surface area contributed by atoms with Crippen molar-refractivity contribution in [1.29, 1.82) is 0 Å². The summed E-state index contributed by atoms with van der Waals surface area (Å²) in [7, 11) is 0. The molecule has 24 heavy (non-hydrogen) atoms. The van der Waals surface area contributed by atoms with Crippen LogP contribution < -0.4 is 0 Å². The van der Waals surface area contributed by atoms with Crippen LogP contribution in [0.2, 0.25) is 4.47 Å². The second-order valence-corrected chi connectivity index (χ2v) is 10.8. The van der Waals surface area contributed by atoms with Crippen molar-refractivity contribution >= 4 is 46.1 Å². The molecule has 1 fully saturated rings. The van der Waals surface area contributed by atoms with Crippen LogP contribution in [0.15, 0.2) is 4.40 Å². The smallest absolute Gasteiger partial charge is 0.407 e. The molecule has 2 aliphatic rings. The van der Waals surface area contributed by atoms with Gasteiger partial charge in [-0.25, -0.2) is 9.78 Å². The van der Waals surface area contributed by atoms with Crippen LogP contribution >= 0.6 is 22.9 Å². The van der Waals surface area contributed by atoms with Gasteiger partial charge in [-0.05, 0) is 40.0 Å². The number of likely N-dealkylation sites (tertiary alicyclic amines) is 1. The Morgan fingerprint density at radius 1 is 1.46 bits per heavy atom. The van der Waals surface area contributed by atoms with Gasteiger partial charge >= 0.3 is 6.09 Å². The van der Waals surface area contributed by atoms with Crippen molar-refractivity contribution in [3.05, 3.63) is 15.0 Å². The van der Waals surface area contributed by atoms with E-state index in [9.17, 15) is 14.5 Å². The zero-order chi connectivity index (χ0) is 17.7. The summed E-state index contributed by atoms with van der Waals surface area (Å²) in [6.45, 7) is 6.57. The number of piperidine rings is 1. The molecular weight excluding hydrogens is 370 g/mol. The standard InChI is InChI=1S/C15H20ClN3O3S2/c1-14(2,3)24(22)18-11-10-9(23-12(16)17-10)8-15(11)4-6-19(7-5-15)13(20)21/h4-8H2,1-3H3,(H,20,21)/b18-11+. The molecule has 1 unspecified atom stereocenters. The van der Waals surface area contributed by atoms with Gasteiger partial charge in [-0.2, -0.15) is 0 Å². The van der Waals surface area contributed by atoms with Gasteiger partial charge in [0.1, 0.15) is 27.5 Å². The predicted molar refractivity (Wildman–Crippen MR) is 96.5 cm³/mol. The highest BCUT2D eigenvalue weighted by Gasteiger charge is 2.50. The lowest BCUT2D eigenvalue weighted by Gasteiger charge is -2.38. The molecule has 9 heteroatoms. The number of aromatic nitrogens is 1. The van der Waals surface area contributed by atoms with Gasteiger partial charge in [0.2, 0.25) is 0 Å². The molecule has 6 nitrogen and oxygen atoms in total. The van der Waals surface area contributed by atoms with Crippen LogP contribution in [0.1, 0.15) is 44.2 Å². The first-order chi connectivity index (χ1) is 11.1. The van der Waals surface area contributed by atoms with E-state index < -0.39 is 22.2 Å². The Morgan fingerprint density at radius 3 is 2.62 bits per heavy atom. The highest BCUT2D eigenvalue weighted by molar-refractivity contribution is 7.91. The molecule has 0 aromatic carbocycles. The van der Waals surface area contributed by atoms with Gasteiger partial charge in [0.25, 0.3) is 0 Å². The molecule has 0 saturated carbocycles. The lowest BCUT2D eigenvalue weighted by molar-refractivity contribution is 0.115. The monoisotopic (exact) mass is 389 g/mol. The van der Waals surface area contributed by atoms with Crippen LogP contribution in [0.25, 0.3) is 0 Å². The van der Waals surface area contributed by atoms with Crippen molar-refractivity contribution in [2.24, 2.45) is 9.81 Å². The second-order valence-electron chi connectivity index (χ2n) is 7.27. The van der Waals surface area contributed by atoms with E-state index >= 15 is 0 Å². The molecule has 1 aromatic heterocycles. The Balaban J connectivity index is 1.96. The number of carbonyl (C=O) groups is 1. The third-order valence-electron chi connectivity index (χ3n) is 4.59. The Hall–Kier alpha value is -0.830. The van der Waals surface area contributed by atoms with E-state index in [-0.39, 0.29) is 5.41 Å². The summed E-state index contributed by atoms with van der Waals surface area (Å²) in [4.78, 5) is 18.1. The quantitative estimate of drug-likeness (QED) is 0.745. The van der Waals surface area contributed by atoms with Crippen molar-refractivity contribution in [3.8, 4) is 0 Å². The van der Waals surface area contributed by atoms with Crippen molar-refractivity contribution in [2.45, 2.75) is 44.8 Å². The molecular formula is C15H20ClN3O3S2. The summed E-state index contributed by atoms with van der Waals surface area (Å²) < 4.78 is 17.2. The molecule has 1 aliphatic carbocycles. The Morgan fingerprint density at radius 2 is 2.08 bits per heavy atom. The Kier molecular flexibility index (Phi) is 4.61. The molecule has 1 N–H and O–H groups in total. The van der Waals surface area contributed by atoms with Crippen LogP contribution in [0.4, 0.5) is 4.79 Å². The summed E-state index contributed by atoms with van der Waals surface area (Å²) >= 11 is 6.10. The maximum Gasteiger partial charge on any atom is 0.407 e. The first kappa shape index (κ1) is 18.0. The molecule has 1 aliphatic heterocycles. The number of nitrogens with zero attached hydrogens (tertiary/aromatic N) is 3. The summed E-state index contributed by atoms with van der Waals surface area (Å²) in [5, 5.41) is 9.18. The van der Waals surface area contributed by atoms with E-state index in [1.165, 1.54) is 16.2 Å². The van der Waals surface area contributed by atoms with Gasteiger partial charge in [-0.15, -0.1) is 11.3 Å². The van der Waals surface area contributed by atoms with Gasteiger partial charge in [0, 0.05) is 23.4 Å². The predicted octanol–water partition coefficient (Wildman–Crippen LogP) is 3.36. The highest BCUT2D eigenvalue weighted by Crippen LogP contribution is 2.48. The van der Waals surface area contributed by atoms with Crippen LogP contribution in [-0.2, 0) is 17.8 Å². The largest absolute Gasteiger partial charge is 0.591 e. The second kappa shape index (κ2) is 6.16. The average molecular weight is 390 g/mol. The third kappa shape index (κ3) is 3.16. The molecule has 132 valence electrons. The third-order valence-corrected chi connectivity index (χ3v) is 7.14. The van der Waals surface area contributed by atoms with Gasteiger partial charge in [-0.1, -0.05) is 16.0 Å². The fourth-order valence-corrected chi connectivity index (χ4v) is 5.18. The number of hydrogen-bond donors (Lipinski definition) is 1. The minimum Gasteiger partial charge on any atom is -0.591 e. The zero-order valence-corrected chi connectivity index (χ0v) is 16.2. The Labute approximate surface area is 153 Å². The molecule has 1 aromatic rings. The number of halogens is 1. The average Bonchev–Trinajstić information content (AvgIpc) is 2.94. The summed E-state index contributed by atoms with van der Waals surface area (Å²) in [5.74, 6) is 0. The number of carboxylic acid groups (broad SMARTS) is 1. The van der Waals surface area contributed by atoms with Crippen LogP contribution in [0.3, 0.4) is 0 Å². The SMILES string of the molecule is CC(C)(C)[S+]([O-])/N=C1\c2nc(Cl)sc2CC12CCN(C(=O)O)CC2. The van der Waals surface area contributed by atoms with Crippen molar-refractivity contribution in [3.63, 3.8) is 0 Å². The summed E-state index contributed by atoms with van der Waals surface area (Å²) in [5.41, 5.74) is 1.23. The molecule has 1 spiro atoms. The number of amides is 1. The van der Waals surface area contributed by atoms with E-state index in [0.717, 1.165) is 22.7 Å². The number of rotatable bonds is 1. The fraction of sp³-hybridized carbons (Fsp3) is 0.667. The minimum atomic E-state index is -1.39. The van der Waals surface area contributed by atoms with Gasteiger partial charge in [0.15, 0.2) is 4.47 Å². The molecule has 3 rings (SSSR count). The molecule has 0 bridgehead atoms. The van der Waals surface area contributed by atoms with Crippen LogP contribution in [0.5, 0.6) is 0 Å². The summed E-state index contributed by atoms with van der Waals surface area (Å²) in [6.07, 6.45) is 1.19. The highest BCUT2D eigenvalue weighted by atomic mass is 35.5. The first-order valence-electron chi connectivity index (χ1n) is 7.77. The minimum absolute atomic E-state index is 0.272. The van der Waals surface area contributed by atoms with Crippen molar-refractivity contribution < 1.29 is 14.5 Å². The molecule has 1 amide bonds. The number of fused-ring (bicyclic) bond motifs is 1. The molecule has 1 atom stereocenters. The van der Waals surface area contributed by atoms with Crippen LogP contribution in [0, 0.1) is 5.41 Å². The first-order valence-corrected chi connectivity index (χ1v) is 10.1. The molecule has 0 radical (unpaired) electrons. The van der Waals surface area contributed by atoms with Gasteiger partial charge in [-0.3, -0.25) is 0 Å². The van der Waals surface area contributed by atoms with Crippen molar-refractivity contribution in [2.75, 3.05) is 13.1 Å². The van der Waals surface area contributed by atoms with E-state index in [4.69, 9.17) is 11.6 Å². The Bertz CT molecular complexity index is 691. The van der Waals surface area contributed by atoms with Gasteiger partial charge in [0.05, 0.1) is 0 Å². The lowest BCUT2D eigenvalue weighted by atomic mass is 9.75. The van der Waals surface area contributed by atoms with E-state index in [0.29, 0.717) is 30.4 Å². The van der Waals surface area contributed by atoms with Crippen molar-refractivity contribution in [1.82, 2.24) is 9.88 Å². The van der Waals surface area contributed by atoms with E-state index in [2.05, 4.69) is 9.38 Å². The lowest BCUT2D eigenvalue weighted by Crippen LogP contribution is -2.46. The van der Waals surface area contributed by atoms with Gasteiger partial charge < -0.3 is 14.6 Å². The summed E-state index contributed by atoms with van der Waals surface area (Å²) in [6, 6.07) is 0. The maximum atomic E-state index is 12.6.